The minimum Gasteiger partial charge on any atom is -0.325 e. The van der Waals surface area contributed by atoms with E-state index in [1.165, 1.54) is 4.80 Å². The first kappa shape index (κ1) is 10.4. The van der Waals surface area contributed by atoms with E-state index in [1.54, 1.807) is 24.4 Å². The van der Waals surface area contributed by atoms with Gasteiger partial charge in [-0.05, 0) is 18.2 Å². The highest BCUT2D eigenvalue weighted by Crippen LogP contribution is 2.23. The molecule has 0 aliphatic carbocycles. The molecule has 4 nitrogen and oxygen atoms in total. The Bertz CT molecular complexity index is 481. The summed E-state index contributed by atoms with van der Waals surface area (Å²) in [5, 5.41) is 9.18. The third-order valence-corrected chi connectivity index (χ3v) is 2.62. The number of nitrogens with two attached hydrogens (primary N) is 1. The van der Waals surface area contributed by atoms with Gasteiger partial charge in [0, 0.05) is 6.54 Å². The lowest BCUT2D eigenvalue weighted by molar-refractivity contribution is 0.738. The van der Waals surface area contributed by atoms with E-state index in [1.807, 2.05) is 0 Å². The quantitative estimate of drug-likeness (QED) is 0.877. The second-order valence-corrected chi connectivity index (χ2v) is 3.74. The standard InChI is InChI=1S/C9H8Cl2N4/c10-8-2-1-7(3-9(8)11)15-13-5-6(4-12)14-15/h1-3,5H,4,12H2. The highest BCUT2D eigenvalue weighted by atomic mass is 35.5. The molecule has 0 spiro atoms. The molecule has 0 atom stereocenters. The van der Waals surface area contributed by atoms with E-state index in [0.717, 1.165) is 11.4 Å². The molecule has 0 fully saturated rings. The van der Waals surface area contributed by atoms with Crippen molar-refractivity contribution in [2.24, 2.45) is 5.73 Å². The smallest absolute Gasteiger partial charge is 0.0967 e. The van der Waals surface area contributed by atoms with Crippen molar-refractivity contribution in [1.29, 1.82) is 0 Å². The second kappa shape index (κ2) is 4.18. The minimum atomic E-state index is 0.362. The van der Waals surface area contributed by atoms with Gasteiger partial charge in [-0.1, -0.05) is 23.2 Å². The molecule has 6 heteroatoms. The number of rotatable bonds is 2. The highest BCUT2D eigenvalue weighted by Gasteiger charge is 2.04. The van der Waals surface area contributed by atoms with Crippen LogP contribution in [0.5, 0.6) is 0 Å². The molecule has 0 radical (unpaired) electrons. The van der Waals surface area contributed by atoms with Gasteiger partial charge < -0.3 is 5.73 Å². The van der Waals surface area contributed by atoms with Crippen LogP contribution in [0.15, 0.2) is 24.4 Å². The molecule has 2 N–H and O–H groups in total. The van der Waals surface area contributed by atoms with Gasteiger partial charge >= 0.3 is 0 Å². The normalized spacial score (nSPS) is 10.6. The van der Waals surface area contributed by atoms with Crippen LogP contribution in [0.25, 0.3) is 5.69 Å². The number of halogens is 2. The van der Waals surface area contributed by atoms with Crippen molar-refractivity contribution in [2.45, 2.75) is 6.54 Å². The molecule has 0 aliphatic heterocycles. The first-order chi connectivity index (χ1) is 7.20. The Morgan fingerprint density at radius 3 is 2.67 bits per heavy atom. The van der Waals surface area contributed by atoms with Crippen molar-refractivity contribution in [1.82, 2.24) is 15.0 Å². The molecule has 2 aromatic rings. The lowest BCUT2D eigenvalue weighted by atomic mass is 10.3. The molecular formula is C9H8Cl2N4. The van der Waals surface area contributed by atoms with Crippen molar-refractivity contribution in [3.8, 4) is 5.69 Å². The Kier molecular flexibility index (Phi) is 2.90. The molecule has 0 bridgehead atoms. The molecular weight excluding hydrogens is 235 g/mol. The molecule has 0 aliphatic rings. The average Bonchev–Trinajstić information content (AvgIpc) is 2.70. The fraction of sp³-hybridized carbons (Fsp3) is 0.111. The van der Waals surface area contributed by atoms with Crippen molar-refractivity contribution in [3.63, 3.8) is 0 Å². The Hall–Kier alpha value is -1.10. The van der Waals surface area contributed by atoms with Gasteiger partial charge in [0.1, 0.15) is 0 Å². The maximum Gasteiger partial charge on any atom is 0.0967 e. The summed E-state index contributed by atoms with van der Waals surface area (Å²) in [5.74, 6) is 0. The van der Waals surface area contributed by atoms with Gasteiger partial charge in [0.25, 0.3) is 0 Å². The molecule has 0 unspecified atom stereocenters. The Balaban J connectivity index is 2.40. The first-order valence-corrected chi connectivity index (χ1v) is 5.03. The van der Waals surface area contributed by atoms with E-state index >= 15 is 0 Å². The fourth-order valence-corrected chi connectivity index (χ4v) is 1.41. The van der Waals surface area contributed by atoms with Crippen molar-refractivity contribution in [3.05, 3.63) is 40.1 Å². The molecule has 0 saturated carbocycles. The summed E-state index contributed by atoms with van der Waals surface area (Å²) in [7, 11) is 0. The maximum absolute atomic E-state index is 5.88. The predicted octanol–water partition coefficient (Wildman–Crippen LogP) is 2.03. The summed E-state index contributed by atoms with van der Waals surface area (Å²) >= 11 is 11.7. The van der Waals surface area contributed by atoms with Crippen LogP contribution in [0.1, 0.15) is 5.69 Å². The van der Waals surface area contributed by atoms with Crippen LogP contribution in [0.4, 0.5) is 0 Å². The molecule has 1 heterocycles. The van der Waals surface area contributed by atoms with Crippen LogP contribution in [-0.4, -0.2) is 15.0 Å². The zero-order valence-electron chi connectivity index (χ0n) is 7.69. The van der Waals surface area contributed by atoms with Gasteiger partial charge in [-0.15, -0.1) is 0 Å². The first-order valence-electron chi connectivity index (χ1n) is 4.27. The van der Waals surface area contributed by atoms with Gasteiger partial charge in [0.05, 0.1) is 27.6 Å². The zero-order valence-corrected chi connectivity index (χ0v) is 9.20. The Morgan fingerprint density at radius 2 is 2.07 bits per heavy atom. The summed E-state index contributed by atoms with van der Waals surface area (Å²) in [4.78, 5) is 1.46. The summed E-state index contributed by atoms with van der Waals surface area (Å²) in [6.45, 7) is 0.362. The third-order valence-electron chi connectivity index (χ3n) is 1.88. The van der Waals surface area contributed by atoms with Gasteiger partial charge in [0.15, 0.2) is 0 Å². The van der Waals surface area contributed by atoms with Gasteiger partial charge in [0.2, 0.25) is 0 Å². The summed E-state index contributed by atoms with van der Waals surface area (Å²) in [6.07, 6.45) is 1.61. The van der Waals surface area contributed by atoms with E-state index < -0.39 is 0 Å². The summed E-state index contributed by atoms with van der Waals surface area (Å²) in [5.41, 5.74) is 6.91. The molecule has 0 saturated heterocycles. The molecule has 2 rings (SSSR count). The van der Waals surface area contributed by atoms with Crippen LogP contribution in [0.3, 0.4) is 0 Å². The summed E-state index contributed by atoms with van der Waals surface area (Å²) in [6, 6.07) is 5.18. The van der Waals surface area contributed by atoms with Crippen LogP contribution in [-0.2, 0) is 6.54 Å². The van der Waals surface area contributed by atoms with Crippen LogP contribution in [0, 0.1) is 0 Å². The van der Waals surface area contributed by atoms with Crippen molar-refractivity contribution in [2.75, 3.05) is 0 Å². The Labute approximate surface area is 96.6 Å². The molecule has 1 aromatic carbocycles. The van der Waals surface area contributed by atoms with Crippen molar-refractivity contribution >= 4 is 23.2 Å². The van der Waals surface area contributed by atoms with Gasteiger partial charge in [-0.3, -0.25) is 0 Å². The second-order valence-electron chi connectivity index (χ2n) is 2.93. The number of hydrogen-bond acceptors (Lipinski definition) is 3. The average molecular weight is 243 g/mol. The number of benzene rings is 1. The summed E-state index contributed by atoms with van der Waals surface area (Å²) < 4.78 is 0. The third kappa shape index (κ3) is 2.12. The lowest BCUT2D eigenvalue weighted by Gasteiger charge is -2.01. The molecule has 0 amide bonds. The topological polar surface area (TPSA) is 56.7 Å². The van der Waals surface area contributed by atoms with E-state index in [2.05, 4.69) is 10.2 Å². The maximum atomic E-state index is 5.88. The van der Waals surface area contributed by atoms with Crippen LogP contribution < -0.4 is 5.73 Å². The number of aromatic nitrogens is 3. The highest BCUT2D eigenvalue weighted by molar-refractivity contribution is 6.42. The zero-order chi connectivity index (χ0) is 10.8. The van der Waals surface area contributed by atoms with E-state index in [4.69, 9.17) is 28.9 Å². The largest absolute Gasteiger partial charge is 0.325 e. The number of nitrogens with zero attached hydrogens (tertiary/aromatic N) is 3. The molecule has 78 valence electrons. The number of hydrogen-bond donors (Lipinski definition) is 1. The molecule has 15 heavy (non-hydrogen) atoms. The van der Waals surface area contributed by atoms with Gasteiger partial charge in [-0.2, -0.15) is 15.0 Å². The fourth-order valence-electron chi connectivity index (χ4n) is 1.12. The van der Waals surface area contributed by atoms with Crippen LogP contribution in [0.2, 0.25) is 10.0 Å². The van der Waals surface area contributed by atoms with Gasteiger partial charge in [-0.25, -0.2) is 0 Å². The predicted molar refractivity (Wildman–Crippen MR) is 59.3 cm³/mol. The van der Waals surface area contributed by atoms with Crippen molar-refractivity contribution < 1.29 is 0 Å². The van der Waals surface area contributed by atoms with E-state index in [-0.39, 0.29) is 0 Å². The Morgan fingerprint density at radius 1 is 1.27 bits per heavy atom. The molecule has 1 aromatic heterocycles. The minimum absolute atomic E-state index is 0.362. The SMILES string of the molecule is NCc1cnn(-c2ccc(Cl)c(Cl)c2)n1. The lowest BCUT2D eigenvalue weighted by Crippen LogP contribution is -2.01. The van der Waals surface area contributed by atoms with E-state index in [9.17, 15) is 0 Å². The van der Waals surface area contributed by atoms with Crippen LogP contribution >= 0.6 is 23.2 Å². The van der Waals surface area contributed by atoms with E-state index in [0.29, 0.717) is 16.6 Å². The monoisotopic (exact) mass is 242 g/mol.